The van der Waals surface area contributed by atoms with E-state index in [0.29, 0.717) is 12.1 Å². The standard InChI is InChI=1S/C15H27N5O/c1-11(14-10-16-19(5)12(14)2)17-13-6-8-20(9-7-13)15(21)18(3)4/h10-11,13,17H,6-9H2,1-5H3. The molecular formula is C15H27N5O. The van der Waals surface area contributed by atoms with Gasteiger partial charge in [0, 0.05) is 57.6 Å². The maximum atomic E-state index is 11.9. The van der Waals surface area contributed by atoms with E-state index >= 15 is 0 Å². The van der Waals surface area contributed by atoms with Crippen LogP contribution in [0, 0.1) is 6.92 Å². The van der Waals surface area contributed by atoms with Crippen LogP contribution < -0.4 is 5.32 Å². The molecule has 0 spiro atoms. The predicted molar refractivity (Wildman–Crippen MR) is 83.2 cm³/mol. The van der Waals surface area contributed by atoms with E-state index in [-0.39, 0.29) is 6.03 Å². The maximum absolute atomic E-state index is 11.9. The number of hydrogen-bond donors (Lipinski definition) is 1. The van der Waals surface area contributed by atoms with Crippen molar-refractivity contribution in [3.8, 4) is 0 Å². The lowest BCUT2D eigenvalue weighted by molar-refractivity contribution is 0.151. The number of carbonyl (C=O) groups is 1. The number of piperidine rings is 1. The minimum atomic E-state index is 0.115. The molecule has 0 aromatic carbocycles. The van der Waals surface area contributed by atoms with E-state index in [4.69, 9.17) is 0 Å². The van der Waals surface area contributed by atoms with Crippen LogP contribution in [0.25, 0.3) is 0 Å². The molecule has 0 aliphatic carbocycles. The molecule has 2 amide bonds. The average Bonchev–Trinajstić information content (AvgIpc) is 2.79. The van der Waals surface area contributed by atoms with Gasteiger partial charge >= 0.3 is 6.03 Å². The van der Waals surface area contributed by atoms with Crippen LogP contribution in [0.15, 0.2) is 6.20 Å². The molecule has 1 saturated heterocycles. The van der Waals surface area contributed by atoms with Gasteiger partial charge in [-0.15, -0.1) is 0 Å². The van der Waals surface area contributed by atoms with Gasteiger partial charge in [0.2, 0.25) is 0 Å². The van der Waals surface area contributed by atoms with Crippen LogP contribution >= 0.6 is 0 Å². The van der Waals surface area contributed by atoms with Gasteiger partial charge in [0.1, 0.15) is 0 Å². The Hall–Kier alpha value is -1.56. The summed E-state index contributed by atoms with van der Waals surface area (Å²) in [5.74, 6) is 0. The molecular weight excluding hydrogens is 266 g/mol. The first kappa shape index (κ1) is 15.8. The van der Waals surface area contributed by atoms with Crippen molar-refractivity contribution in [3.63, 3.8) is 0 Å². The molecule has 1 N–H and O–H groups in total. The van der Waals surface area contributed by atoms with Gasteiger partial charge in [-0.05, 0) is 26.7 Å². The van der Waals surface area contributed by atoms with Crippen LogP contribution in [0.2, 0.25) is 0 Å². The second kappa shape index (κ2) is 6.47. The van der Waals surface area contributed by atoms with Gasteiger partial charge in [-0.1, -0.05) is 0 Å². The fourth-order valence-corrected chi connectivity index (χ4v) is 2.90. The normalized spacial score (nSPS) is 17.9. The van der Waals surface area contributed by atoms with Crippen LogP contribution in [0.5, 0.6) is 0 Å². The van der Waals surface area contributed by atoms with Gasteiger partial charge in [0.05, 0.1) is 6.20 Å². The number of aromatic nitrogens is 2. The third-order valence-electron chi connectivity index (χ3n) is 4.37. The highest BCUT2D eigenvalue weighted by atomic mass is 16.2. The number of urea groups is 1. The number of likely N-dealkylation sites (tertiary alicyclic amines) is 1. The summed E-state index contributed by atoms with van der Waals surface area (Å²) in [5, 5.41) is 7.98. The second-order valence-corrected chi connectivity index (χ2v) is 6.14. The van der Waals surface area contributed by atoms with E-state index in [1.165, 1.54) is 11.3 Å². The molecule has 0 bridgehead atoms. The van der Waals surface area contributed by atoms with E-state index in [1.807, 2.05) is 22.8 Å². The number of nitrogens with zero attached hydrogens (tertiary/aromatic N) is 4. The van der Waals surface area contributed by atoms with Gasteiger partial charge in [-0.3, -0.25) is 4.68 Å². The quantitative estimate of drug-likeness (QED) is 0.919. The summed E-state index contributed by atoms with van der Waals surface area (Å²) in [6, 6.07) is 0.871. The fourth-order valence-electron chi connectivity index (χ4n) is 2.90. The SMILES string of the molecule is Cc1c(C(C)NC2CCN(C(=O)N(C)C)CC2)cnn1C. The first-order valence-corrected chi connectivity index (χ1v) is 7.61. The highest BCUT2D eigenvalue weighted by Crippen LogP contribution is 2.20. The monoisotopic (exact) mass is 293 g/mol. The van der Waals surface area contributed by atoms with Gasteiger partial charge in [-0.25, -0.2) is 4.79 Å². The third kappa shape index (κ3) is 3.56. The minimum Gasteiger partial charge on any atom is -0.331 e. The lowest BCUT2D eigenvalue weighted by atomic mass is 10.0. The zero-order valence-electron chi connectivity index (χ0n) is 13.8. The molecule has 1 aromatic rings. The van der Waals surface area contributed by atoms with Gasteiger partial charge < -0.3 is 15.1 Å². The molecule has 1 aliphatic rings. The zero-order valence-corrected chi connectivity index (χ0v) is 13.8. The molecule has 2 rings (SSSR count). The summed E-state index contributed by atoms with van der Waals surface area (Å²) in [6.07, 6.45) is 3.95. The lowest BCUT2D eigenvalue weighted by Gasteiger charge is -2.35. The molecule has 0 saturated carbocycles. The van der Waals surface area contributed by atoms with Crippen molar-refractivity contribution in [2.75, 3.05) is 27.2 Å². The summed E-state index contributed by atoms with van der Waals surface area (Å²) >= 11 is 0. The van der Waals surface area contributed by atoms with Crippen molar-refractivity contribution >= 4 is 6.03 Å². The molecule has 6 nitrogen and oxygen atoms in total. The number of hydrogen-bond acceptors (Lipinski definition) is 3. The summed E-state index contributed by atoms with van der Waals surface area (Å²) in [6.45, 7) is 5.93. The zero-order chi connectivity index (χ0) is 15.6. The molecule has 6 heteroatoms. The summed E-state index contributed by atoms with van der Waals surface area (Å²) in [5.41, 5.74) is 2.46. The van der Waals surface area contributed by atoms with Crippen molar-refractivity contribution in [2.45, 2.75) is 38.8 Å². The number of aryl methyl sites for hydroxylation is 1. The molecule has 1 aliphatic heterocycles. The van der Waals surface area contributed by atoms with Crippen molar-refractivity contribution in [1.82, 2.24) is 24.9 Å². The first-order valence-electron chi connectivity index (χ1n) is 7.61. The van der Waals surface area contributed by atoms with Crippen molar-refractivity contribution in [2.24, 2.45) is 7.05 Å². The fraction of sp³-hybridized carbons (Fsp3) is 0.733. The summed E-state index contributed by atoms with van der Waals surface area (Å²) < 4.78 is 1.91. The number of amides is 2. The summed E-state index contributed by atoms with van der Waals surface area (Å²) in [7, 11) is 5.58. The van der Waals surface area contributed by atoms with Crippen molar-refractivity contribution in [1.29, 1.82) is 0 Å². The van der Waals surface area contributed by atoms with E-state index in [2.05, 4.69) is 24.3 Å². The second-order valence-electron chi connectivity index (χ2n) is 6.14. The Labute approximate surface area is 127 Å². The Morgan fingerprint density at radius 2 is 2.05 bits per heavy atom. The van der Waals surface area contributed by atoms with E-state index in [9.17, 15) is 4.79 Å². The lowest BCUT2D eigenvalue weighted by Crippen LogP contribution is -2.48. The first-order chi connectivity index (χ1) is 9.90. The van der Waals surface area contributed by atoms with Crippen LogP contribution in [-0.2, 0) is 7.05 Å². The van der Waals surface area contributed by atoms with Gasteiger partial charge in [0.25, 0.3) is 0 Å². The van der Waals surface area contributed by atoms with Gasteiger partial charge in [-0.2, -0.15) is 5.10 Å². The van der Waals surface area contributed by atoms with E-state index < -0.39 is 0 Å². The summed E-state index contributed by atoms with van der Waals surface area (Å²) in [4.78, 5) is 15.5. The molecule has 21 heavy (non-hydrogen) atoms. The Kier molecular flexibility index (Phi) is 4.88. The van der Waals surface area contributed by atoms with Crippen LogP contribution in [-0.4, -0.2) is 58.8 Å². The predicted octanol–water partition coefficient (Wildman–Crippen LogP) is 1.53. The molecule has 2 heterocycles. The molecule has 1 unspecified atom stereocenters. The Morgan fingerprint density at radius 3 is 2.52 bits per heavy atom. The van der Waals surface area contributed by atoms with Crippen LogP contribution in [0.4, 0.5) is 4.79 Å². The largest absolute Gasteiger partial charge is 0.331 e. The average molecular weight is 293 g/mol. The van der Waals surface area contributed by atoms with Crippen LogP contribution in [0.1, 0.15) is 37.1 Å². The van der Waals surface area contributed by atoms with Crippen molar-refractivity contribution < 1.29 is 4.79 Å². The minimum absolute atomic E-state index is 0.115. The molecule has 1 fully saturated rings. The number of carbonyl (C=O) groups excluding carboxylic acids is 1. The topological polar surface area (TPSA) is 53.4 Å². The molecule has 0 radical (unpaired) electrons. The highest BCUT2D eigenvalue weighted by molar-refractivity contribution is 5.73. The Morgan fingerprint density at radius 1 is 1.43 bits per heavy atom. The van der Waals surface area contributed by atoms with E-state index in [0.717, 1.165) is 25.9 Å². The maximum Gasteiger partial charge on any atom is 0.319 e. The molecule has 1 atom stereocenters. The smallest absolute Gasteiger partial charge is 0.319 e. The Bertz CT molecular complexity index is 488. The third-order valence-corrected chi connectivity index (χ3v) is 4.37. The van der Waals surface area contributed by atoms with Gasteiger partial charge in [0.15, 0.2) is 0 Å². The molecule has 118 valence electrons. The van der Waals surface area contributed by atoms with E-state index in [1.54, 1.807) is 19.0 Å². The Balaban J connectivity index is 1.86. The van der Waals surface area contributed by atoms with Crippen molar-refractivity contribution in [3.05, 3.63) is 17.5 Å². The number of rotatable bonds is 3. The highest BCUT2D eigenvalue weighted by Gasteiger charge is 2.25. The van der Waals surface area contributed by atoms with Crippen LogP contribution in [0.3, 0.4) is 0 Å². The number of nitrogens with one attached hydrogen (secondary N) is 1. The molecule has 1 aromatic heterocycles.